The summed E-state index contributed by atoms with van der Waals surface area (Å²) in [6.45, 7) is 0. The molecule has 1 heterocycles. The summed E-state index contributed by atoms with van der Waals surface area (Å²) in [6.07, 6.45) is 3.42. The molecule has 0 bridgehead atoms. The van der Waals surface area contributed by atoms with Crippen LogP contribution in [-0.2, 0) is 9.73 Å². The van der Waals surface area contributed by atoms with Gasteiger partial charge in [-0.1, -0.05) is 15.9 Å². The van der Waals surface area contributed by atoms with E-state index in [1.807, 2.05) is 18.2 Å². The standard InChI is InChI=1S/C16H15BrN2O2S/c1-21-13-6-4-12(5-7-13)19-22(2,20)16-10-18-15-8-3-11(17)9-14(15)16/h3-10,18H,1-2H3. The second-order valence-electron chi connectivity index (χ2n) is 4.93. The van der Waals surface area contributed by atoms with Gasteiger partial charge in [-0.05, 0) is 42.5 Å². The van der Waals surface area contributed by atoms with Gasteiger partial charge in [0.2, 0.25) is 0 Å². The second kappa shape index (κ2) is 5.78. The van der Waals surface area contributed by atoms with Crippen LogP contribution in [0.25, 0.3) is 10.9 Å². The number of fused-ring (bicyclic) bond motifs is 1. The highest BCUT2D eigenvalue weighted by Gasteiger charge is 2.13. The van der Waals surface area contributed by atoms with Crippen molar-refractivity contribution in [3.63, 3.8) is 0 Å². The van der Waals surface area contributed by atoms with Crippen molar-refractivity contribution in [3.8, 4) is 5.75 Å². The molecule has 0 aliphatic heterocycles. The number of ether oxygens (including phenoxy) is 1. The van der Waals surface area contributed by atoms with Crippen molar-refractivity contribution >= 4 is 42.2 Å². The Morgan fingerprint density at radius 2 is 1.91 bits per heavy atom. The summed E-state index contributed by atoms with van der Waals surface area (Å²) >= 11 is 3.45. The smallest absolute Gasteiger partial charge is 0.119 e. The summed E-state index contributed by atoms with van der Waals surface area (Å²) in [4.78, 5) is 3.85. The Morgan fingerprint density at radius 3 is 2.59 bits per heavy atom. The third-order valence-electron chi connectivity index (χ3n) is 3.37. The van der Waals surface area contributed by atoms with Crippen molar-refractivity contribution in [3.05, 3.63) is 53.1 Å². The first-order chi connectivity index (χ1) is 10.5. The van der Waals surface area contributed by atoms with Crippen LogP contribution >= 0.6 is 15.9 Å². The summed E-state index contributed by atoms with van der Waals surface area (Å²) < 4.78 is 23.6. The van der Waals surface area contributed by atoms with Gasteiger partial charge in [0.15, 0.2) is 0 Å². The first kappa shape index (κ1) is 15.1. The zero-order chi connectivity index (χ0) is 15.7. The first-order valence-electron chi connectivity index (χ1n) is 6.62. The summed E-state index contributed by atoms with van der Waals surface area (Å²) in [5, 5.41) is 0.916. The minimum Gasteiger partial charge on any atom is -0.497 e. The molecule has 4 nitrogen and oxygen atoms in total. The third kappa shape index (κ3) is 2.89. The van der Waals surface area contributed by atoms with E-state index in [2.05, 4.69) is 25.3 Å². The summed E-state index contributed by atoms with van der Waals surface area (Å²) in [7, 11) is -0.941. The first-order valence-corrected chi connectivity index (χ1v) is 9.34. The number of halogens is 1. The Morgan fingerprint density at radius 1 is 1.18 bits per heavy atom. The molecule has 0 aliphatic rings. The number of hydrogen-bond acceptors (Lipinski definition) is 3. The quantitative estimate of drug-likeness (QED) is 0.716. The highest BCUT2D eigenvalue weighted by molar-refractivity contribution is 9.10. The van der Waals surface area contributed by atoms with Crippen molar-refractivity contribution in [2.45, 2.75) is 4.90 Å². The van der Waals surface area contributed by atoms with E-state index < -0.39 is 9.73 Å². The Hall–Kier alpha value is -1.79. The van der Waals surface area contributed by atoms with Crippen LogP contribution in [0.15, 0.2) is 62.4 Å². The molecule has 0 radical (unpaired) electrons. The molecular weight excluding hydrogens is 364 g/mol. The van der Waals surface area contributed by atoms with E-state index in [9.17, 15) is 4.21 Å². The predicted molar refractivity (Wildman–Crippen MR) is 93.4 cm³/mol. The Bertz CT molecular complexity index is 938. The van der Waals surface area contributed by atoms with Gasteiger partial charge in [-0.15, -0.1) is 0 Å². The Labute approximate surface area is 137 Å². The van der Waals surface area contributed by atoms with Crippen LogP contribution in [0.2, 0.25) is 0 Å². The van der Waals surface area contributed by atoms with Gasteiger partial charge in [-0.3, -0.25) is 0 Å². The monoisotopic (exact) mass is 378 g/mol. The molecule has 1 N–H and O–H groups in total. The zero-order valence-corrected chi connectivity index (χ0v) is 14.6. The number of benzene rings is 2. The molecule has 0 saturated heterocycles. The van der Waals surface area contributed by atoms with Gasteiger partial charge in [0.05, 0.1) is 27.4 Å². The van der Waals surface area contributed by atoms with Crippen LogP contribution < -0.4 is 4.74 Å². The SMILES string of the molecule is COc1ccc(N=S(C)(=O)c2c[nH]c3ccc(Br)cc23)cc1. The number of aromatic amines is 1. The number of rotatable bonds is 3. The number of H-pyrrole nitrogens is 1. The van der Waals surface area contributed by atoms with E-state index in [1.165, 1.54) is 0 Å². The van der Waals surface area contributed by atoms with E-state index in [0.717, 1.165) is 21.1 Å². The lowest BCUT2D eigenvalue weighted by Crippen LogP contribution is -1.95. The molecule has 3 aromatic rings. The molecular formula is C16H15BrN2O2S. The number of nitrogens with zero attached hydrogens (tertiary/aromatic N) is 1. The fourth-order valence-corrected chi connectivity index (χ4v) is 4.11. The lowest BCUT2D eigenvalue weighted by atomic mass is 10.2. The van der Waals surface area contributed by atoms with Crippen molar-refractivity contribution in [2.24, 2.45) is 4.36 Å². The maximum atomic E-state index is 13.1. The van der Waals surface area contributed by atoms with Crippen molar-refractivity contribution in [1.82, 2.24) is 4.98 Å². The van der Waals surface area contributed by atoms with Crippen LogP contribution in [-0.4, -0.2) is 22.6 Å². The Kier molecular flexibility index (Phi) is 3.97. The van der Waals surface area contributed by atoms with Crippen LogP contribution in [0.4, 0.5) is 5.69 Å². The molecule has 6 heteroatoms. The minimum atomic E-state index is -2.55. The average molecular weight is 379 g/mol. The Balaban J connectivity index is 2.12. The predicted octanol–water partition coefficient (Wildman–Crippen LogP) is 4.73. The lowest BCUT2D eigenvalue weighted by molar-refractivity contribution is 0.415. The van der Waals surface area contributed by atoms with E-state index in [4.69, 9.17) is 4.74 Å². The van der Waals surface area contributed by atoms with Gasteiger partial charge in [-0.2, -0.15) is 4.36 Å². The van der Waals surface area contributed by atoms with Crippen molar-refractivity contribution < 1.29 is 8.95 Å². The van der Waals surface area contributed by atoms with Gasteiger partial charge >= 0.3 is 0 Å². The maximum absolute atomic E-state index is 13.1. The largest absolute Gasteiger partial charge is 0.497 e. The topological polar surface area (TPSA) is 54.4 Å². The molecule has 1 atom stereocenters. The highest BCUT2D eigenvalue weighted by atomic mass is 79.9. The van der Waals surface area contributed by atoms with Gasteiger partial charge in [0.25, 0.3) is 0 Å². The fourth-order valence-electron chi connectivity index (χ4n) is 2.27. The number of nitrogens with one attached hydrogen (secondary N) is 1. The molecule has 0 spiro atoms. The van der Waals surface area contributed by atoms with Crippen molar-refractivity contribution in [1.29, 1.82) is 0 Å². The minimum absolute atomic E-state index is 0.664. The molecule has 0 aliphatic carbocycles. The van der Waals surface area contributed by atoms with E-state index in [0.29, 0.717) is 10.6 Å². The molecule has 0 saturated carbocycles. The van der Waals surface area contributed by atoms with Crippen molar-refractivity contribution in [2.75, 3.05) is 13.4 Å². The molecule has 3 rings (SSSR count). The summed E-state index contributed by atoms with van der Waals surface area (Å²) in [5.41, 5.74) is 1.61. The maximum Gasteiger partial charge on any atom is 0.119 e. The highest BCUT2D eigenvalue weighted by Crippen LogP contribution is 2.29. The van der Waals surface area contributed by atoms with Crippen LogP contribution in [0.3, 0.4) is 0 Å². The number of aromatic nitrogens is 1. The molecule has 1 unspecified atom stereocenters. The van der Waals surface area contributed by atoms with E-state index >= 15 is 0 Å². The van der Waals surface area contributed by atoms with E-state index in [1.54, 1.807) is 43.8 Å². The number of methoxy groups -OCH3 is 1. The van der Waals surface area contributed by atoms with Crippen LogP contribution in [0.5, 0.6) is 5.75 Å². The van der Waals surface area contributed by atoms with Crippen LogP contribution in [0, 0.1) is 0 Å². The zero-order valence-electron chi connectivity index (χ0n) is 12.2. The average Bonchev–Trinajstić information content (AvgIpc) is 2.91. The molecule has 2 aromatic carbocycles. The summed E-state index contributed by atoms with van der Waals surface area (Å²) in [5.74, 6) is 0.748. The molecule has 0 fully saturated rings. The normalized spacial score (nSPS) is 13.8. The lowest BCUT2D eigenvalue weighted by Gasteiger charge is -2.04. The molecule has 22 heavy (non-hydrogen) atoms. The molecule has 114 valence electrons. The summed E-state index contributed by atoms with van der Waals surface area (Å²) in [6, 6.07) is 13.1. The fraction of sp³-hybridized carbons (Fsp3) is 0.125. The molecule has 1 aromatic heterocycles. The van der Waals surface area contributed by atoms with Gasteiger partial charge in [-0.25, -0.2) is 4.21 Å². The number of hydrogen-bond donors (Lipinski definition) is 1. The van der Waals surface area contributed by atoms with Crippen LogP contribution in [0.1, 0.15) is 0 Å². The van der Waals surface area contributed by atoms with Gasteiger partial charge in [0, 0.05) is 27.8 Å². The molecule has 0 amide bonds. The third-order valence-corrected chi connectivity index (χ3v) is 5.57. The van der Waals surface area contributed by atoms with E-state index in [-0.39, 0.29) is 0 Å². The van der Waals surface area contributed by atoms with Gasteiger partial charge in [0.1, 0.15) is 5.75 Å². The van der Waals surface area contributed by atoms with Gasteiger partial charge < -0.3 is 9.72 Å². The second-order valence-corrected chi connectivity index (χ2v) is 8.08.